The van der Waals surface area contributed by atoms with Gasteiger partial charge in [0.25, 0.3) is 5.91 Å². The Morgan fingerprint density at radius 3 is 2.32 bits per heavy atom. The molecule has 4 nitrogen and oxygen atoms in total. The summed E-state index contributed by atoms with van der Waals surface area (Å²) in [5.74, 6) is -1.01. The maximum Gasteiger partial charge on any atom is 0.306 e. The first-order valence-corrected chi connectivity index (χ1v) is 8.22. The van der Waals surface area contributed by atoms with Crippen molar-refractivity contribution in [2.75, 3.05) is 0 Å². The molecule has 1 aromatic carbocycles. The predicted molar refractivity (Wildman–Crippen MR) is 85.9 cm³/mol. The van der Waals surface area contributed by atoms with Crippen LogP contribution in [0.1, 0.15) is 61.4 Å². The summed E-state index contributed by atoms with van der Waals surface area (Å²) in [6.45, 7) is 2.17. The maximum atomic E-state index is 12.2. The van der Waals surface area contributed by atoms with Crippen LogP contribution in [0, 0.1) is 5.92 Å². The largest absolute Gasteiger partial charge is 0.481 e. The van der Waals surface area contributed by atoms with E-state index >= 15 is 0 Å². The van der Waals surface area contributed by atoms with E-state index in [1.165, 1.54) is 18.4 Å². The molecule has 2 N–H and O–H groups in total. The monoisotopic (exact) mass is 303 g/mol. The van der Waals surface area contributed by atoms with E-state index in [2.05, 4.69) is 12.2 Å². The summed E-state index contributed by atoms with van der Waals surface area (Å²) in [5, 5.41) is 12.0. The van der Waals surface area contributed by atoms with Crippen molar-refractivity contribution in [2.24, 2.45) is 5.92 Å². The molecule has 0 heterocycles. The third kappa shape index (κ3) is 4.58. The number of benzene rings is 1. The number of nitrogens with one attached hydrogen (secondary N) is 1. The molecule has 1 amide bonds. The minimum Gasteiger partial charge on any atom is -0.481 e. The Kier molecular flexibility index (Phi) is 5.99. The highest BCUT2D eigenvalue weighted by atomic mass is 16.4. The van der Waals surface area contributed by atoms with E-state index in [1.54, 1.807) is 0 Å². The Labute approximate surface area is 131 Å². The number of aryl methyl sites for hydroxylation is 1. The fraction of sp³-hybridized carbons (Fsp3) is 0.556. The summed E-state index contributed by atoms with van der Waals surface area (Å²) in [7, 11) is 0. The van der Waals surface area contributed by atoms with E-state index in [0.717, 1.165) is 19.3 Å². The minimum absolute atomic E-state index is 0.0548. The topological polar surface area (TPSA) is 66.4 Å². The first kappa shape index (κ1) is 16.5. The molecule has 0 aliphatic heterocycles. The molecule has 1 aliphatic carbocycles. The van der Waals surface area contributed by atoms with Gasteiger partial charge in [-0.05, 0) is 56.2 Å². The SMILES string of the molecule is CCCCc1ccc(C(=O)NC2CCC(C(=O)O)CC2)cc1. The van der Waals surface area contributed by atoms with Crippen LogP contribution in [0.2, 0.25) is 0 Å². The lowest BCUT2D eigenvalue weighted by atomic mass is 9.86. The zero-order valence-corrected chi connectivity index (χ0v) is 13.2. The van der Waals surface area contributed by atoms with Gasteiger partial charge in [0.05, 0.1) is 5.92 Å². The Bertz CT molecular complexity index is 502. The van der Waals surface area contributed by atoms with Gasteiger partial charge in [0, 0.05) is 11.6 Å². The average Bonchev–Trinajstić information content (AvgIpc) is 2.54. The van der Waals surface area contributed by atoms with Gasteiger partial charge in [-0.2, -0.15) is 0 Å². The molecular formula is C18H25NO3. The van der Waals surface area contributed by atoms with Gasteiger partial charge < -0.3 is 10.4 Å². The summed E-state index contributed by atoms with van der Waals surface area (Å²) in [5.41, 5.74) is 1.95. The molecule has 4 heteroatoms. The third-order valence-corrected chi connectivity index (χ3v) is 4.45. The number of unbranched alkanes of at least 4 members (excludes halogenated alkanes) is 1. The van der Waals surface area contributed by atoms with Gasteiger partial charge in [-0.15, -0.1) is 0 Å². The lowest BCUT2D eigenvalue weighted by molar-refractivity contribution is -0.142. The van der Waals surface area contributed by atoms with Gasteiger partial charge in [0.15, 0.2) is 0 Å². The number of carbonyl (C=O) groups is 2. The van der Waals surface area contributed by atoms with Crippen LogP contribution in [0.5, 0.6) is 0 Å². The highest BCUT2D eigenvalue weighted by Gasteiger charge is 2.26. The van der Waals surface area contributed by atoms with Crippen LogP contribution in [0.4, 0.5) is 0 Å². The summed E-state index contributed by atoms with van der Waals surface area (Å²) >= 11 is 0. The van der Waals surface area contributed by atoms with Crippen molar-refractivity contribution in [3.63, 3.8) is 0 Å². The molecule has 120 valence electrons. The normalized spacial score (nSPS) is 21.3. The molecule has 0 saturated heterocycles. The van der Waals surface area contributed by atoms with Crippen LogP contribution in [0.25, 0.3) is 0 Å². The number of carboxylic acids is 1. The molecule has 0 bridgehead atoms. The standard InChI is InChI=1S/C18H25NO3/c1-2-3-4-13-5-7-14(8-6-13)17(20)19-16-11-9-15(10-12-16)18(21)22/h5-8,15-16H,2-4,9-12H2,1H3,(H,19,20)(H,21,22). The number of aliphatic carboxylic acids is 1. The Morgan fingerprint density at radius 1 is 1.14 bits per heavy atom. The van der Waals surface area contributed by atoms with E-state index in [4.69, 9.17) is 5.11 Å². The predicted octanol–water partition coefficient (Wildman–Crippen LogP) is 3.40. The van der Waals surface area contributed by atoms with Crippen LogP contribution < -0.4 is 5.32 Å². The first-order valence-electron chi connectivity index (χ1n) is 8.22. The van der Waals surface area contributed by atoms with Crippen LogP contribution in [0.15, 0.2) is 24.3 Å². The van der Waals surface area contributed by atoms with Crippen molar-refractivity contribution < 1.29 is 14.7 Å². The van der Waals surface area contributed by atoms with Gasteiger partial charge in [-0.25, -0.2) is 0 Å². The van der Waals surface area contributed by atoms with Crippen molar-refractivity contribution in [1.29, 1.82) is 0 Å². The Hall–Kier alpha value is -1.84. The molecule has 0 aromatic heterocycles. The van der Waals surface area contributed by atoms with Crippen molar-refractivity contribution in [3.8, 4) is 0 Å². The summed E-state index contributed by atoms with van der Waals surface area (Å²) in [4.78, 5) is 23.2. The van der Waals surface area contributed by atoms with Gasteiger partial charge in [-0.1, -0.05) is 25.5 Å². The minimum atomic E-state index is -0.715. The van der Waals surface area contributed by atoms with E-state index in [9.17, 15) is 9.59 Å². The average molecular weight is 303 g/mol. The highest BCUT2D eigenvalue weighted by molar-refractivity contribution is 5.94. The van der Waals surface area contributed by atoms with Crippen LogP contribution in [0.3, 0.4) is 0 Å². The molecule has 2 rings (SSSR count). The number of hydrogen-bond acceptors (Lipinski definition) is 2. The zero-order chi connectivity index (χ0) is 15.9. The van der Waals surface area contributed by atoms with Crippen molar-refractivity contribution >= 4 is 11.9 Å². The van der Waals surface area contributed by atoms with Crippen molar-refractivity contribution in [3.05, 3.63) is 35.4 Å². The quantitative estimate of drug-likeness (QED) is 0.846. The van der Waals surface area contributed by atoms with E-state index in [0.29, 0.717) is 18.4 Å². The number of carboxylic acid groups (broad SMARTS) is 1. The van der Waals surface area contributed by atoms with Gasteiger partial charge in [0.1, 0.15) is 0 Å². The fourth-order valence-electron chi connectivity index (χ4n) is 2.96. The van der Waals surface area contributed by atoms with Crippen LogP contribution in [-0.4, -0.2) is 23.0 Å². The Morgan fingerprint density at radius 2 is 1.77 bits per heavy atom. The summed E-state index contributed by atoms with van der Waals surface area (Å²) < 4.78 is 0. The molecule has 0 atom stereocenters. The second-order valence-corrected chi connectivity index (χ2v) is 6.16. The van der Waals surface area contributed by atoms with Gasteiger partial charge >= 0.3 is 5.97 Å². The molecule has 0 unspecified atom stereocenters. The molecule has 22 heavy (non-hydrogen) atoms. The molecular weight excluding hydrogens is 278 g/mol. The smallest absolute Gasteiger partial charge is 0.306 e. The van der Waals surface area contributed by atoms with Crippen molar-refractivity contribution in [1.82, 2.24) is 5.32 Å². The van der Waals surface area contributed by atoms with Crippen molar-refractivity contribution in [2.45, 2.75) is 57.9 Å². The number of amides is 1. The molecule has 0 spiro atoms. The lowest BCUT2D eigenvalue weighted by Crippen LogP contribution is -2.38. The number of rotatable bonds is 6. The Balaban J connectivity index is 1.83. The molecule has 0 radical (unpaired) electrons. The van der Waals surface area contributed by atoms with Gasteiger partial charge in [0.2, 0.25) is 0 Å². The molecule has 1 aliphatic rings. The summed E-state index contributed by atoms with van der Waals surface area (Å²) in [6.07, 6.45) is 6.18. The summed E-state index contributed by atoms with van der Waals surface area (Å²) in [6, 6.07) is 7.90. The third-order valence-electron chi connectivity index (χ3n) is 4.45. The molecule has 1 saturated carbocycles. The second kappa shape index (κ2) is 7.97. The molecule has 1 aromatic rings. The van der Waals surface area contributed by atoms with Crippen LogP contribution >= 0.6 is 0 Å². The highest BCUT2D eigenvalue weighted by Crippen LogP contribution is 2.24. The first-order chi connectivity index (χ1) is 10.6. The van der Waals surface area contributed by atoms with Gasteiger partial charge in [-0.3, -0.25) is 9.59 Å². The fourth-order valence-corrected chi connectivity index (χ4v) is 2.96. The van der Waals surface area contributed by atoms with Crippen LogP contribution in [-0.2, 0) is 11.2 Å². The molecule has 1 fully saturated rings. The number of carbonyl (C=O) groups excluding carboxylic acids is 1. The maximum absolute atomic E-state index is 12.2. The zero-order valence-electron chi connectivity index (χ0n) is 13.2. The van der Waals surface area contributed by atoms with E-state index in [-0.39, 0.29) is 17.9 Å². The lowest BCUT2D eigenvalue weighted by Gasteiger charge is -2.26. The second-order valence-electron chi connectivity index (χ2n) is 6.16. The van der Waals surface area contributed by atoms with E-state index in [1.807, 2.05) is 24.3 Å². The van der Waals surface area contributed by atoms with E-state index < -0.39 is 5.97 Å². The number of hydrogen-bond donors (Lipinski definition) is 2.